The van der Waals surface area contributed by atoms with Gasteiger partial charge in [-0.3, -0.25) is 0 Å². The lowest BCUT2D eigenvalue weighted by atomic mass is 10.2. The van der Waals surface area contributed by atoms with E-state index in [1.165, 1.54) is 48.5 Å². The molecule has 0 bridgehead atoms. The van der Waals surface area contributed by atoms with Crippen molar-refractivity contribution in [2.24, 2.45) is 0 Å². The molecule has 6 aromatic carbocycles. The van der Waals surface area contributed by atoms with E-state index in [1.54, 1.807) is 49.4 Å². The molecule has 0 aromatic heterocycles. The molecule has 0 aliphatic heterocycles. The first-order valence-corrected chi connectivity index (χ1v) is 16.4. The first-order chi connectivity index (χ1) is 22.5. The van der Waals surface area contributed by atoms with E-state index in [2.05, 4.69) is 0 Å². The van der Waals surface area contributed by atoms with Crippen LogP contribution in [0.15, 0.2) is 157 Å². The maximum Gasteiger partial charge on any atom is 0.202 e. The third-order valence-electron chi connectivity index (χ3n) is 6.68. The largest absolute Gasteiger partial charge is 0.207 e. The predicted octanol–water partition coefficient (Wildman–Crippen LogP) is 11.0. The summed E-state index contributed by atoms with van der Waals surface area (Å²) in [5.41, 5.74) is 0.643. The Morgan fingerprint density at radius 2 is 0.617 bits per heavy atom. The minimum Gasteiger partial charge on any atom is -0.207 e. The minimum absolute atomic E-state index is 0.0432. The van der Waals surface area contributed by atoms with Crippen molar-refractivity contribution < 1.29 is 35.1 Å². The number of hydrogen-bond donors (Lipinski definition) is 0. The molecular weight excluding hydrogens is 661 g/mol. The highest BCUT2D eigenvalue weighted by molar-refractivity contribution is 7.97. The molecule has 6 rings (SSSR count). The van der Waals surface area contributed by atoms with E-state index in [0.717, 1.165) is 39.0 Å². The summed E-state index contributed by atoms with van der Waals surface area (Å²) in [5.74, 6) is -5.03. The van der Waals surface area contributed by atoms with Crippen LogP contribution in [0.1, 0.15) is 5.56 Å². The first-order valence-electron chi connectivity index (χ1n) is 13.9. The molecule has 0 aliphatic carbocycles. The van der Waals surface area contributed by atoms with E-state index in [0.29, 0.717) is 17.7 Å². The van der Waals surface area contributed by atoms with Crippen molar-refractivity contribution in [1.29, 1.82) is 0 Å². The van der Waals surface area contributed by atoms with Crippen molar-refractivity contribution in [2.45, 2.75) is 36.3 Å². The van der Waals surface area contributed by atoms with Crippen molar-refractivity contribution >= 4 is 21.8 Å². The van der Waals surface area contributed by atoms with E-state index < -0.39 is 50.9 Å². The summed E-state index contributed by atoms with van der Waals surface area (Å²) in [7, 11) is -2.07. The topological polar surface area (TPSA) is 0 Å². The van der Waals surface area contributed by atoms with Gasteiger partial charge in [-0.05, 0) is 110 Å². The second kappa shape index (κ2) is 14.9. The Morgan fingerprint density at radius 1 is 0.319 bits per heavy atom. The van der Waals surface area contributed by atoms with Gasteiger partial charge in [0.1, 0.15) is 40.0 Å². The number of rotatable bonds is 6. The average molecular weight is 685 g/mol. The van der Waals surface area contributed by atoms with Gasteiger partial charge in [-0.15, -0.1) is 0 Å². The Morgan fingerprint density at radius 3 is 0.936 bits per heavy atom. The molecule has 0 saturated carbocycles. The molecule has 10 heteroatoms. The Labute approximate surface area is 272 Å². The molecule has 0 fully saturated rings. The van der Waals surface area contributed by atoms with Crippen LogP contribution >= 0.6 is 0 Å². The van der Waals surface area contributed by atoms with E-state index in [4.69, 9.17) is 0 Å². The Hall–Kier alpha value is -4.54. The van der Waals surface area contributed by atoms with Crippen LogP contribution in [-0.4, -0.2) is 0 Å². The van der Waals surface area contributed by atoms with E-state index in [1.807, 2.05) is 0 Å². The molecule has 47 heavy (non-hydrogen) atoms. The van der Waals surface area contributed by atoms with Gasteiger partial charge in [-0.2, -0.15) is 0 Å². The molecule has 0 N–H and O–H groups in total. The van der Waals surface area contributed by atoms with Gasteiger partial charge in [0.15, 0.2) is 32.1 Å². The molecule has 0 atom stereocenters. The second-order valence-electron chi connectivity index (χ2n) is 10.1. The maximum atomic E-state index is 14.5. The van der Waals surface area contributed by atoms with E-state index in [9.17, 15) is 35.1 Å². The normalized spacial score (nSPS) is 11.0. The Balaban J connectivity index is 0.000000186. The van der Waals surface area contributed by atoms with Crippen molar-refractivity contribution in [3.63, 3.8) is 0 Å². The lowest BCUT2D eigenvalue weighted by Gasteiger charge is -2.10. The zero-order valence-electron chi connectivity index (χ0n) is 24.5. The molecule has 0 aliphatic rings. The van der Waals surface area contributed by atoms with Crippen LogP contribution in [0.3, 0.4) is 0 Å². The summed E-state index contributed by atoms with van der Waals surface area (Å²) in [5, 5.41) is 0. The number of aryl methyl sites for hydroxylation is 1. The fraction of sp³-hybridized carbons (Fsp3) is 0.0270. The molecule has 6 aromatic rings. The smallest absolute Gasteiger partial charge is 0.202 e. The fourth-order valence-corrected chi connectivity index (χ4v) is 8.65. The third kappa shape index (κ3) is 8.25. The molecule has 238 valence electrons. The van der Waals surface area contributed by atoms with Crippen LogP contribution in [0.4, 0.5) is 35.1 Å². The zero-order chi connectivity index (χ0) is 33.7. The van der Waals surface area contributed by atoms with Gasteiger partial charge < -0.3 is 0 Å². The Bertz CT molecular complexity index is 1750. The highest BCUT2D eigenvalue weighted by Crippen LogP contribution is 2.36. The number of halogens is 8. The Kier molecular flexibility index (Phi) is 10.7. The highest BCUT2D eigenvalue weighted by Gasteiger charge is 2.37. The molecular formula is C37H24F8S2+2. The lowest BCUT2D eigenvalue weighted by Crippen LogP contribution is -2.11. The monoisotopic (exact) mass is 684 g/mol. The van der Waals surface area contributed by atoms with Gasteiger partial charge in [0.25, 0.3) is 0 Å². The third-order valence-corrected chi connectivity index (χ3v) is 11.2. The van der Waals surface area contributed by atoms with Crippen LogP contribution < -0.4 is 0 Å². The molecule has 0 nitrogen and oxygen atoms in total. The lowest BCUT2D eigenvalue weighted by molar-refractivity contribution is 0.558. The second-order valence-corrected chi connectivity index (χ2v) is 14.0. The van der Waals surface area contributed by atoms with Gasteiger partial charge in [-0.25, -0.2) is 35.1 Å². The van der Waals surface area contributed by atoms with Crippen LogP contribution in [0.25, 0.3) is 0 Å². The number of hydrogen-bond acceptors (Lipinski definition) is 0. The molecule has 0 radical (unpaired) electrons. The summed E-state index contributed by atoms with van der Waals surface area (Å²) in [6.07, 6.45) is 0. The van der Waals surface area contributed by atoms with Gasteiger partial charge in [-0.1, -0.05) is 6.07 Å². The molecule has 0 amide bonds. The highest BCUT2D eigenvalue weighted by atomic mass is 32.2. The number of benzene rings is 6. The van der Waals surface area contributed by atoms with Crippen molar-refractivity contribution in [3.05, 3.63) is 179 Å². The van der Waals surface area contributed by atoms with E-state index in [-0.39, 0.29) is 32.1 Å². The van der Waals surface area contributed by atoms with Crippen molar-refractivity contribution in [1.82, 2.24) is 0 Å². The summed E-state index contributed by atoms with van der Waals surface area (Å²) in [6.45, 7) is 1.68. The van der Waals surface area contributed by atoms with E-state index >= 15 is 0 Å². The predicted molar refractivity (Wildman–Crippen MR) is 167 cm³/mol. The standard InChI is InChI=1S/C19H12F5S.C18H12F3S/c1-11-2-5-17(14(22)8-11)25(18-6-3-12(20)9-15(18)23)19-7-4-13(21)10-16(19)24;19-13-1-7-16(8-2-13)22(17-9-3-14(20)4-10-17)18-11-5-15(21)6-12-18/h2-10H,1H3;1-12H/q2*+1. The molecule has 0 unspecified atom stereocenters. The summed E-state index contributed by atoms with van der Waals surface area (Å²) in [4.78, 5) is 2.56. The minimum atomic E-state index is -1.53. The summed E-state index contributed by atoms with van der Waals surface area (Å²) in [6, 6.07) is 28.5. The molecule has 0 saturated heterocycles. The van der Waals surface area contributed by atoms with Crippen LogP contribution in [0, 0.1) is 53.5 Å². The quantitative estimate of drug-likeness (QED) is 0.121. The molecule has 0 spiro atoms. The van der Waals surface area contributed by atoms with Crippen LogP contribution in [-0.2, 0) is 21.8 Å². The van der Waals surface area contributed by atoms with Crippen molar-refractivity contribution in [3.8, 4) is 0 Å². The van der Waals surface area contributed by atoms with Gasteiger partial charge in [0.05, 0.1) is 10.9 Å². The summed E-state index contributed by atoms with van der Waals surface area (Å²) < 4.78 is 109. The van der Waals surface area contributed by atoms with Gasteiger partial charge in [0.2, 0.25) is 14.7 Å². The van der Waals surface area contributed by atoms with Gasteiger partial charge >= 0.3 is 0 Å². The van der Waals surface area contributed by atoms with Crippen LogP contribution in [0.5, 0.6) is 0 Å². The zero-order valence-corrected chi connectivity index (χ0v) is 26.1. The van der Waals surface area contributed by atoms with Gasteiger partial charge in [0, 0.05) is 24.3 Å². The fourth-order valence-electron chi connectivity index (χ4n) is 4.53. The SMILES string of the molecule is Cc1ccc([S+](c2ccc(F)cc2F)c2ccc(F)cc2F)c(F)c1.Fc1ccc([S+](c2ccc(F)cc2)c2ccc(F)cc2)cc1. The molecule has 0 heterocycles. The van der Waals surface area contributed by atoms with Crippen molar-refractivity contribution in [2.75, 3.05) is 0 Å². The first kappa shape index (κ1) is 33.8. The maximum absolute atomic E-state index is 14.5. The summed E-state index contributed by atoms with van der Waals surface area (Å²) >= 11 is 0. The average Bonchev–Trinajstić information content (AvgIpc) is 3.03. The van der Waals surface area contributed by atoms with Crippen LogP contribution in [0.2, 0.25) is 0 Å².